The first-order valence-corrected chi connectivity index (χ1v) is 5.88. The standard InChI is InChI=1S/C16H18/c1-4-7-8-9-10-14-11-12-15(5-2)16(6-3)13-14/h2-3,11-13H,4,7-10H2,1H3. The zero-order valence-electron chi connectivity index (χ0n) is 9.92. The van der Waals surface area contributed by atoms with Crippen LogP contribution in [0.5, 0.6) is 0 Å². The third kappa shape index (κ3) is 3.48. The summed E-state index contributed by atoms with van der Waals surface area (Å²) in [7, 11) is 0. The van der Waals surface area contributed by atoms with Gasteiger partial charge >= 0.3 is 0 Å². The van der Waals surface area contributed by atoms with Crippen LogP contribution in [0.2, 0.25) is 0 Å². The van der Waals surface area contributed by atoms with Gasteiger partial charge in [0.15, 0.2) is 0 Å². The van der Waals surface area contributed by atoms with E-state index in [1.54, 1.807) is 0 Å². The molecule has 0 unspecified atom stereocenters. The van der Waals surface area contributed by atoms with Crippen molar-refractivity contribution in [1.82, 2.24) is 0 Å². The SMILES string of the molecule is C#Cc1ccc(CCCCCC)cc1C#C. The van der Waals surface area contributed by atoms with Crippen LogP contribution in [0.1, 0.15) is 49.3 Å². The average molecular weight is 210 g/mol. The van der Waals surface area contributed by atoms with Gasteiger partial charge in [-0.1, -0.05) is 44.1 Å². The van der Waals surface area contributed by atoms with Crippen molar-refractivity contribution < 1.29 is 0 Å². The molecule has 1 aromatic rings. The summed E-state index contributed by atoms with van der Waals surface area (Å²) in [6.45, 7) is 2.22. The second kappa shape index (κ2) is 6.76. The van der Waals surface area contributed by atoms with Gasteiger partial charge < -0.3 is 0 Å². The van der Waals surface area contributed by atoms with Crippen molar-refractivity contribution in [2.45, 2.75) is 39.0 Å². The molecule has 0 saturated heterocycles. The van der Waals surface area contributed by atoms with Gasteiger partial charge in [-0.25, -0.2) is 0 Å². The largest absolute Gasteiger partial charge is 0.115 e. The molecule has 1 rings (SSSR count). The van der Waals surface area contributed by atoms with Crippen LogP contribution in [-0.4, -0.2) is 0 Å². The van der Waals surface area contributed by atoms with Crippen LogP contribution in [-0.2, 0) is 6.42 Å². The number of terminal acetylenes is 2. The number of hydrogen-bond donors (Lipinski definition) is 0. The first-order chi connectivity index (χ1) is 7.81. The monoisotopic (exact) mass is 210 g/mol. The van der Waals surface area contributed by atoms with Crippen molar-refractivity contribution in [2.75, 3.05) is 0 Å². The summed E-state index contributed by atoms with van der Waals surface area (Å²) in [5.41, 5.74) is 2.96. The summed E-state index contributed by atoms with van der Waals surface area (Å²) in [6, 6.07) is 6.08. The van der Waals surface area contributed by atoms with Crippen molar-refractivity contribution in [3.05, 3.63) is 34.9 Å². The Morgan fingerprint density at radius 2 is 1.75 bits per heavy atom. The Kier molecular flexibility index (Phi) is 5.24. The maximum absolute atomic E-state index is 5.43. The molecule has 0 heteroatoms. The van der Waals surface area contributed by atoms with Crippen molar-refractivity contribution in [1.29, 1.82) is 0 Å². The summed E-state index contributed by atoms with van der Waals surface area (Å²) >= 11 is 0. The highest BCUT2D eigenvalue weighted by Crippen LogP contribution is 2.13. The second-order valence-electron chi connectivity index (χ2n) is 3.98. The van der Waals surface area contributed by atoms with E-state index < -0.39 is 0 Å². The van der Waals surface area contributed by atoms with E-state index in [0.717, 1.165) is 17.5 Å². The van der Waals surface area contributed by atoms with Crippen LogP contribution in [0, 0.1) is 24.7 Å². The molecule has 0 bridgehead atoms. The molecule has 0 saturated carbocycles. The van der Waals surface area contributed by atoms with E-state index in [0.29, 0.717) is 0 Å². The predicted molar refractivity (Wildman–Crippen MR) is 70.2 cm³/mol. The molecule has 0 nitrogen and oxygen atoms in total. The van der Waals surface area contributed by atoms with E-state index in [1.165, 1.54) is 31.2 Å². The molecule has 16 heavy (non-hydrogen) atoms. The summed E-state index contributed by atoms with van der Waals surface area (Å²) in [4.78, 5) is 0. The molecule has 0 aliphatic rings. The highest BCUT2D eigenvalue weighted by atomic mass is 14.0. The van der Waals surface area contributed by atoms with E-state index in [9.17, 15) is 0 Å². The molecule has 1 aromatic carbocycles. The Morgan fingerprint density at radius 3 is 2.38 bits per heavy atom. The van der Waals surface area contributed by atoms with Crippen LogP contribution in [0.3, 0.4) is 0 Å². The Bertz CT molecular complexity index is 413. The van der Waals surface area contributed by atoms with Crippen LogP contribution >= 0.6 is 0 Å². The van der Waals surface area contributed by atoms with Gasteiger partial charge in [0, 0.05) is 11.1 Å². The normalized spacial score (nSPS) is 9.44. The topological polar surface area (TPSA) is 0 Å². The molecule has 0 fully saturated rings. The Morgan fingerprint density at radius 1 is 1.00 bits per heavy atom. The van der Waals surface area contributed by atoms with Gasteiger partial charge in [-0.2, -0.15) is 0 Å². The number of benzene rings is 1. The molecule has 0 N–H and O–H groups in total. The maximum atomic E-state index is 5.43. The van der Waals surface area contributed by atoms with E-state index in [4.69, 9.17) is 12.8 Å². The first kappa shape index (κ1) is 12.4. The molecule has 0 aliphatic heterocycles. The molecule has 0 atom stereocenters. The van der Waals surface area contributed by atoms with E-state index in [2.05, 4.69) is 24.8 Å². The van der Waals surface area contributed by atoms with E-state index in [-0.39, 0.29) is 0 Å². The fourth-order valence-corrected chi connectivity index (χ4v) is 1.75. The van der Waals surface area contributed by atoms with Crippen LogP contribution in [0.25, 0.3) is 0 Å². The molecule has 0 radical (unpaired) electrons. The van der Waals surface area contributed by atoms with Gasteiger partial charge in [0.25, 0.3) is 0 Å². The van der Waals surface area contributed by atoms with Gasteiger partial charge in [0.1, 0.15) is 0 Å². The zero-order valence-corrected chi connectivity index (χ0v) is 9.92. The molecule has 0 amide bonds. The van der Waals surface area contributed by atoms with Crippen LogP contribution in [0.15, 0.2) is 18.2 Å². The minimum Gasteiger partial charge on any atom is -0.115 e. The molecule has 0 heterocycles. The quantitative estimate of drug-likeness (QED) is 0.512. The summed E-state index contributed by atoms with van der Waals surface area (Å²) in [6.07, 6.45) is 17.0. The summed E-state index contributed by atoms with van der Waals surface area (Å²) < 4.78 is 0. The number of aryl methyl sites for hydroxylation is 1. The van der Waals surface area contributed by atoms with Crippen molar-refractivity contribution >= 4 is 0 Å². The number of rotatable bonds is 5. The third-order valence-corrected chi connectivity index (χ3v) is 2.71. The maximum Gasteiger partial charge on any atom is 0.0401 e. The molecule has 0 aromatic heterocycles. The van der Waals surface area contributed by atoms with Crippen LogP contribution < -0.4 is 0 Å². The van der Waals surface area contributed by atoms with Gasteiger partial charge in [0.05, 0.1) is 0 Å². The Balaban J connectivity index is 2.63. The predicted octanol–water partition coefficient (Wildman–Crippen LogP) is 3.77. The minimum absolute atomic E-state index is 0.819. The van der Waals surface area contributed by atoms with E-state index >= 15 is 0 Å². The van der Waals surface area contributed by atoms with Crippen molar-refractivity contribution in [2.24, 2.45) is 0 Å². The van der Waals surface area contributed by atoms with Gasteiger partial charge in [-0.3, -0.25) is 0 Å². The molecule has 0 spiro atoms. The van der Waals surface area contributed by atoms with Crippen LogP contribution in [0.4, 0.5) is 0 Å². The summed E-state index contributed by atoms with van der Waals surface area (Å²) in [5.74, 6) is 5.25. The lowest BCUT2D eigenvalue weighted by Gasteiger charge is -2.03. The van der Waals surface area contributed by atoms with Gasteiger partial charge in [-0.15, -0.1) is 12.8 Å². The molecular weight excluding hydrogens is 192 g/mol. The summed E-state index contributed by atoms with van der Waals surface area (Å²) in [5, 5.41) is 0. The fourth-order valence-electron chi connectivity index (χ4n) is 1.75. The fraction of sp³-hybridized carbons (Fsp3) is 0.375. The Hall–Kier alpha value is -1.66. The van der Waals surface area contributed by atoms with Gasteiger partial charge in [0.2, 0.25) is 0 Å². The van der Waals surface area contributed by atoms with Gasteiger partial charge in [-0.05, 0) is 30.5 Å². The lowest BCUT2D eigenvalue weighted by atomic mass is 10.0. The van der Waals surface area contributed by atoms with E-state index in [1.807, 2.05) is 12.1 Å². The lowest BCUT2D eigenvalue weighted by Crippen LogP contribution is -1.90. The van der Waals surface area contributed by atoms with Crippen molar-refractivity contribution in [3.8, 4) is 24.7 Å². The second-order valence-corrected chi connectivity index (χ2v) is 3.98. The molecule has 0 aliphatic carbocycles. The number of hydrogen-bond acceptors (Lipinski definition) is 0. The molecule has 82 valence electrons. The van der Waals surface area contributed by atoms with Crippen molar-refractivity contribution in [3.63, 3.8) is 0 Å². The number of unbranched alkanes of at least 4 members (excludes halogenated alkanes) is 3. The minimum atomic E-state index is 0.819. The first-order valence-electron chi connectivity index (χ1n) is 5.88. The highest BCUT2D eigenvalue weighted by molar-refractivity contribution is 5.50. The average Bonchev–Trinajstić information content (AvgIpc) is 2.34. The zero-order chi connectivity index (χ0) is 11.8. The Labute approximate surface area is 99.1 Å². The lowest BCUT2D eigenvalue weighted by molar-refractivity contribution is 0.667. The smallest absolute Gasteiger partial charge is 0.0401 e. The third-order valence-electron chi connectivity index (χ3n) is 2.71. The highest BCUT2D eigenvalue weighted by Gasteiger charge is 1.99. The molecular formula is C16H18.